The first-order valence-electron chi connectivity index (χ1n) is 8.20. The molecule has 0 aliphatic carbocycles. The molecule has 0 saturated heterocycles. The summed E-state index contributed by atoms with van der Waals surface area (Å²) in [7, 11) is -0.737. The monoisotopic (exact) mass is 399 g/mol. The fourth-order valence-electron chi connectivity index (χ4n) is 2.92. The zero-order chi connectivity index (χ0) is 20.3. The molecular weight excluding hydrogens is 382 g/mol. The van der Waals surface area contributed by atoms with E-state index in [0.29, 0.717) is 11.1 Å². The third-order valence-corrected chi connectivity index (χ3v) is 4.94. The molecule has 0 spiro atoms. The average Bonchev–Trinajstić information content (AvgIpc) is 2.72. The first kappa shape index (κ1) is 19.4. The fraction of sp³-hybridized carbons (Fsp3) is 0.100. The van der Waals surface area contributed by atoms with E-state index in [0.717, 1.165) is 9.69 Å². The van der Waals surface area contributed by atoms with Gasteiger partial charge in [-0.2, -0.15) is 0 Å². The lowest BCUT2D eigenvalue weighted by Crippen LogP contribution is -2.17. The zero-order valence-electron chi connectivity index (χ0n) is 15.1. The number of thiol groups is 1. The Balaban J connectivity index is 2.27. The van der Waals surface area contributed by atoms with Crippen LogP contribution in [0.3, 0.4) is 0 Å². The van der Waals surface area contributed by atoms with E-state index in [1.165, 1.54) is 32.4 Å². The maximum atomic E-state index is 12.2. The number of rotatable bonds is 5. The van der Waals surface area contributed by atoms with Crippen molar-refractivity contribution in [2.24, 2.45) is 0 Å². The van der Waals surface area contributed by atoms with Crippen molar-refractivity contribution in [1.82, 2.24) is 0 Å². The first-order chi connectivity index (χ1) is 13.5. The van der Waals surface area contributed by atoms with Crippen LogP contribution < -0.4 is 4.31 Å². The molecule has 0 aromatic heterocycles. The molecule has 28 heavy (non-hydrogen) atoms. The number of benzene rings is 3. The average molecular weight is 399 g/mol. The lowest BCUT2D eigenvalue weighted by molar-refractivity contribution is 0.0599. The van der Waals surface area contributed by atoms with E-state index in [2.05, 4.69) is 0 Å². The van der Waals surface area contributed by atoms with Crippen molar-refractivity contribution in [1.29, 1.82) is 0 Å². The smallest absolute Gasteiger partial charge is 0.337 e. The standard InChI is InChI=1S/C20H17NO6S/c1-26-19(22)14-10-15(20(23)27-2)12-16(11-14)21(28(24)25)18-9-5-7-13-6-3-4-8-17(13)18/h3-12,28H,1-2H3. The minimum atomic E-state index is -3.13. The van der Waals surface area contributed by atoms with E-state index in [1.54, 1.807) is 24.3 Å². The van der Waals surface area contributed by atoms with Crippen molar-refractivity contribution < 1.29 is 27.5 Å². The highest BCUT2D eigenvalue weighted by Crippen LogP contribution is 2.33. The summed E-state index contributed by atoms with van der Waals surface area (Å²) in [5.41, 5.74) is 0.577. The number of fused-ring (bicyclic) bond motifs is 1. The van der Waals surface area contributed by atoms with Gasteiger partial charge < -0.3 is 9.47 Å². The van der Waals surface area contributed by atoms with Gasteiger partial charge in [0.05, 0.1) is 36.7 Å². The highest BCUT2D eigenvalue weighted by molar-refractivity contribution is 7.74. The minimum Gasteiger partial charge on any atom is -0.465 e. The Kier molecular flexibility index (Phi) is 5.60. The van der Waals surface area contributed by atoms with Crippen LogP contribution in [0.2, 0.25) is 0 Å². The van der Waals surface area contributed by atoms with Gasteiger partial charge in [-0.05, 0) is 29.7 Å². The number of hydrogen-bond donors (Lipinski definition) is 1. The van der Waals surface area contributed by atoms with Gasteiger partial charge in [0, 0.05) is 5.39 Å². The molecule has 0 amide bonds. The SMILES string of the molecule is COC(=O)c1cc(C(=O)OC)cc(N(c2cccc3ccccc23)[SH](=O)=O)c1. The Labute approximate surface area is 163 Å². The Morgan fingerprint density at radius 2 is 1.39 bits per heavy atom. The Hall–Kier alpha value is -3.39. The second kappa shape index (κ2) is 8.10. The summed E-state index contributed by atoms with van der Waals surface area (Å²) in [4.78, 5) is 24.1. The van der Waals surface area contributed by atoms with Crippen molar-refractivity contribution in [2.75, 3.05) is 18.5 Å². The lowest BCUT2D eigenvalue weighted by atomic mass is 10.1. The third kappa shape index (κ3) is 3.67. The van der Waals surface area contributed by atoms with Gasteiger partial charge in [0.15, 0.2) is 0 Å². The number of carbonyl (C=O) groups excluding carboxylic acids is 2. The molecular formula is C20H17NO6S. The van der Waals surface area contributed by atoms with Crippen LogP contribution in [0, 0.1) is 0 Å². The van der Waals surface area contributed by atoms with Crippen molar-refractivity contribution >= 4 is 45.0 Å². The van der Waals surface area contributed by atoms with E-state index in [9.17, 15) is 18.0 Å². The van der Waals surface area contributed by atoms with Gasteiger partial charge in [-0.1, -0.05) is 36.4 Å². The number of carbonyl (C=O) groups is 2. The van der Waals surface area contributed by atoms with Crippen LogP contribution in [0.1, 0.15) is 20.7 Å². The topological polar surface area (TPSA) is 90.0 Å². The molecule has 3 aromatic rings. The summed E-state index contributed by atoms with van der Waals surface area (Å²) < 4.78 is 34.8. The number of nitrogens with zero attached hydrogens (tertiary/aromatic N) is 1. The van der Waals surface area contributed by atoms with Crippen LogP contribution in [-0.2, 0) is 20.4 Å². The molecule has 144 valence electrons. The van der Waals surface area contributed by atoms with Crippen molar-refractivity contribution in [3.05, 3.63) is 71.8 Å². The zero-order valence-corrected chi connectivity index (χ0v) is 16.0. The van der Waals surface area contributed by atoms with Crippen LogP contribution in [0.4, 0.5) is 11.4 Å². The summed E-state index contributed by atoms with van der Waals surface area (Å²) in [5.74, 6) is -1.41. The van der Waals surface area contributed by atoms with E-state index >= 15 is 0 Å². The van der Waals surface area contributed by atoms with Crippen molar-refractivity contribution in [3.8, 4) is 0 Å². The molecule has 0 radical (unpaired) electrons. The van der Waals surface area contributed by atoms with Gasteiger partial charge in [-0.15, -0.1) is 0 Å². The summed E-state index contributed by atoms with van der Waals surface area (Å²) in [6.45, 7) is 0. The number of methoxy groups -OCH3 is 2. The molecule has 0 aliphatic rings. The summed E-state index contributed by atoms with van der Waals surface area (Å²) in [6, 6.07) is 16.5. The molecule has 0 aliphatic heterocycles. The summed E-state index contributed by atoms with van der Waals surface area (Å²) in [6.07, 6.45) is 0. The molecule has 0 bridgehead atoms. The summed E-state index contributed by atoms with van der Waals surface area (Å²) in [5, 5.41) is 1.55. The van der Waals surface area contributed by atoms with E-state index < -0.39 is 22.8 Å². The molecule has 8 heteroatoms. The lowest BCUT2D eigenvalue weighted by Gasteiger charge is -2.21. The number of ether oxygens (including phenoxy) is 2. The normalized spacial score (nSPS) is 10.7. The molecule has 0 N–H and O–H groups in total. The molecule has 3 rings (SSSR count). The van der Waals surface area contributed by atoms with Gasteiger partial charge in [-0.25, -0.2) is 22.3 Å². The van der Waals surface area contributed by atoms with Crippen LogP contribution in [0.25, 0.3) is 10.8 Å². The van der Waals surface area contributed by atoms with Crippen molar-refractivity contribution in [3.63, 3.8) is 0 Å². The largest absolute Gasteiger partial charge is 0.465 e. The number of hydrogen-bond acceptors (Lipinski definition) is 6. The molecule has 7 nitrogen and oxygen atoms in total. The second-order valence-corrected chi connectivity index (χ2v) is 6.68. The number of anilines is 2. The molecule has 0 fully saturated rings. The van der Waals surface area contributed by atoms with Gasteiger partial charge >= 0.3 is 11.9 Å². The second-order valence-electron chi connectivity index (χ2n) is 5.80. The maximum absolute atomic E-state index is 12.2. The van der Waals surface area contributed by atoms with Gasteiger partial charge in [0.1, 0.15) is 0 Å². The quantitative estimate of drug-likeness (QED) is 0.524. The predicted octanol–water partition coefficient (Wildman–Crippen LogP) is 3.08. The van der Waals surface area contributed by atoms with E-state index in [-0.39, 0.29) is 16.8 Å². The third-order valence-electron chi connectivity index (χ3n) is 4.16. The van der Waals surface area contributed by atoms with Crippen LogP contribution in [-0.4, -0.2) is 34.6 Å². The van der Waals surface area contributed by atoms with Crippen LogP contribution in [0.5, 0.6) is 0 Å². The van der Waals surface area contributed by atoms with Crippen LogP contribution >= 0.6 is 0 Å². The minimum absolute atomic E-state index is 0.0301. The molecule has 0 heterocycles. The Morgan fingerprint density at radius 3 is 1.96 bits per heavy atom. The molecule has 0 unspecified atom stereocenters. The summed E-state index contributed by atoms with van der Waals surface area (Å²) >= 11 is 0. The van der Waals surface area contributed by atoms with E-state index in [4.69, 9.17) is 9.47 Å². The number of esters is 2. The highest BCUT2D eigenvalue weighted by atomic mass is 32.2. The highest BCUT2D eigenvalue weighted by Gasteiger charge is 2.20. The maximum Gasteiger partial charge on any atom is 0.337 e. The molecule has 0 atom stereocenters. The fourth-order valence-corrected chi connectivity index (χ4v) is 3.57. The van der Waals surface area contributed by atoms with Gasteiger partial charge in [-0.3, -0.25) is 0 Å². The van der Waals surface area contributed by atoms with Crippen LogP contribution in [0.15, 0.2) is 60.7 Å². The Bertz CT molecular complexity index is 1090. The van der Waals surface area contributed by atoms with Crippen molar-refractivity contribution in [2.45, 2.75) is 0 Å². The molecule has 0 saturated carbocycles. The van der Waals surface area contributed by atoms with Gasteiger partial charge in [0.25, 0.3) is 0 Å². The molecule has 3 aromatic carbocycles. The predicted molar refractivity (Wildman–Crippen MR) is 106 cm³/mol. The van der Waals surface area contributed by atoms with Gasteiger partial charge in [0.2, 0.25) is 10.9 Å². The first-order valence-corrected chi connectivity index (χ1v) is 9.33. The van der Waals surface area contributed by atoms with E-state index in [1.807, 2.05) is 18.2 Å². The Morgan fingerprint density at radius 1 is 0.821 bits per heavy atom.